The van der Waals surface area contributed by atoms with E-state index in [0.29, 0.717) is 25.0 Å². The molecule has 0 bridgehead atoms. The molecule has 0 fully saturated rings. The number of carbonyl (C=O) groups is 1. The summed E-state index contributed by atoms with van der Waals surface area (Å²) < 4.78 is 20.7. The number of hydrogen-bond donors (Lipinski definition) is 0. The van der Waals surface area contributed by atoms with Gasteiger partial charge in [0.05, 0.1) is 6.54 Å². The number of imidazole rings is 1. The lowest BCUT2D eigenvalue weighted by molar-refractivity contribution is 0.112. The molecular weight excluding hydrogens is 235 g/mol. The van der Waals surface area contributed by atoms with Crippen LogP contribution in [0.15, 0.2) is 30.6 Å². The minimum absolute atomic E-state index is 0.151. The third kappa shape index (κ3) is 2.74. The van der Waals surface area contributed by atoms with Crippen LogP contribution in [0.2, 0.25) is 0 Å². The van der Waals surface area contributed by atoms with Crippen LogP contribution in [-0.4, -0.2) is 22.4 Å². The first-order valence-corrected chi connectivity index (χ1v) is 5.56. The van der Waals surface area contributed by atoms with E-state index in [0.717, 1.165) is 11.9 Å². The third-order valence-corrected chi connectivity index (χ3v) is 2.61. The van der Waals surface area contributed by atoms with Gasteiger partial charge in [0.15, 0.2) is 11.6 Å². The summed E-state index contributed by atoms with van der Waals surface area (Å²) >= 11 is 0. The maximum absolute atomic E-state index is 13.5. The van der Waals surface area contributed by atoms with Crippen molar-refractivity contribution in [1.82, 2.24) is 9.55 Å². The molecule has 0 saturated heterocycles. The molecule has 0 radical (unpaired) electrons. The Morgan fingerprint density at radius 2 is 2.33 bits per heavy atom. The van der Waals surface area contributed by atoms with Crippen LogP contribution >= 0.6 is 0 Å². The van der Waals surface area contributed by atoms with E-state index in [1.807, 2.05) is 17.7 Å². The average molecular weight is 248 g/mol. The fourth-order valence-electron chi connectivity index (χ4n) is 1.60. The Kier molecular flexibility index (Phi) is 3.72. The highest BCUT2D eigenvalue weighted by molar-refractivity contribution is 5.74. The molecule has 2 aromatic rings. The second-order valence-electron chi connectivity index (χ2n) is 3.82. The number of halogens is 1. The first kappa shape index (κ1) is 12.3. The van der Waals surface area contributed by atoms with Crippen LogP contribution in [-0.2, 0) is 6.54 Å². The molecule has 1 aromatic carbocycles. The van der Waals surface area contributed by atoms with Crippen molar-refractivity contribution in [3.63, 3.8) is 0 Å². The minimum atomic E-state index is -0.526. The topological polar surface area (TPSA) is 44.1 Å². The zero-order valence-electron chi connectivity index (χ0n) is 9.97. The van der Waals surface area contributed by atoms with Crippen molar-refractivity contribution < 1.29 is 13.9 Å². The van der Waals surface area contributed by atoms with E-state index >= 15 is 0 Å². The number of nitrogens with zero attached hydrogens (tertiary/aromatic N) is 2. The molecular formula is C13H13FN2O2. The Balaban J connectivity index is 1.94. The van der Waals surface area contributed by atoms with Crippen LogP contribution in [0.25, 0.3) is 0 Å². The second kappa shape index (κ2) is 5.44. The molecule has 0 N–H and O–H groups in total. The largest absolute Gasteiger partial charge is 0.489 e. The number of carbonyl (C=O) groups excluding carboxylic acids is 1. The van der Waals surface area contributed by atoms with Gasteiger partial charge in [-0.25, -0.2) is 9.37 Å². The summed E-state index contributed by atoms with van der Waals surface area (Å²) in [6, 6.07) is 4.14. The van der Waals surface area contributed by atoms with Crippen molar-refractivity contribution >= 4 is 6.29 Å². The molecule has 0 amide bonds. The predicted octanol–water partition coefficient (Wildman–Crippen LogP) is 2.22. The van der Waals surface area contributed by atoms with Gasteiger partial charge in [-0.05, 0) is 25.1 Å². The number of benzene rings is 1. The standard InChI is InChI=1S/C13H13FN2O2/c1-10-15-4-5-16(10)6-7-18-13-3-2-11(9-17)8-12(13)14/h2-5,8-9H,6-7H2,1H3. The van der Waals surface area contributed by atoms with E-state index in [-0.39, 0.29) is 5.75 Å². The molecule has 0 aliphatic carbocycles. The highest BCUT2D eigenvalue weighted by Crippen LogP contribution is 2.17. The van der Waals surface area contributed by atoms with E-state index in [9.17, 15) is 9.18 Å². The molecule has 5 heteroatoms. The lowest BCUT2D eigenvalue weighted by atomic mass is 10.2. The summed E-state index contributed by atoms with van der Waals surface area (Å²) in [4.78, 5) is 14.5. The SMILES string of the molecule is Cc1nccn1CCOc1ccc(C=O)cc1F. The number of aryl methyl sites for hydroxylation is 1. The van der Waals surface area contributed by atoms with Gasteiger partial charge in [-0.15, -0.1) is 0 Å². The molecule has 4 nitrogen and oxygen atoms in total. The van der Waals surface area contributed by atoms with Crippen molar-refractivity contribution in [2.24, 2.45) is 0 Å². The van der Waals surface area contributed by atoms with Crippen molar-refractivity contribution in [1.29, 1.82) is 0 Å². The van der Waals surface area contributed by atoms with Gasteiger partial charge < -0.3 is 9.30 Å². The van der Waals surface area contributed by atoms with Crippen molar-refractivity contribution in [2.75, 3.05) is 6.61 Å². The lowest BCUT2D eigenvalue weighted by Crippen LogP contribution is -2.09. The molecule has 18 heavy (non-hydrogen) atoms. The van der Waals surface area contributed by atoms with E-state index in [4.69, 9.17) is 4.74 Å². The number of ether oxygens (including phenoxy) is 1. The third-order valence-electron chi connectivity index (χ3n) is 2.61. The maximum atomic E-state index is 13.5. The quantitative estimate of drug-likeness (QED) is 0.762. The van der Waals surface area contributed by atoms with Crippen molar-refractivity contribution in [3.8, 4) is 5.75 Å². The number of rotatable bonds is 5. The molecule has 2 rings (SSSR count). The Bertz CT molecular complexity index is 552. The first-order valence-electron chi connectivity index (χ1n) is 5.56. The summed E-state index contributed by atoms with van der Waals surface area (Å²) in [6.45, 7) is 2.83. The van der Waals surface area contributed by atoms with Crippen LogP contribution in [0.1, 0.15) is 16.2 Å². The van der Waals surface area contributed by atoms with Gasteiger partial charge in [0, 0.05) is 18.0 Å². The second-order valence-corrected chi connectivity index (χ2v) is 3.82. The van der Waals surface area contributed by atoms with E-state index in [1.54, 1.807) is 6.20 Å². The van der Waals surface area contributed by atoms with Gasteiger partial charge in [0.25, 0.3) is 0 Å². The Labute approximate surface area is 104 Å². The van der Waals surface area contributed by atoms with Crippen LogP contribution in [0, 0.1) is 12.7 Å². The molecule has 0 atom stereocenters. The lowest BCUT2D eigenvalue weighted by Gasteiger charge is -2.09. The van der Waals surface area contributed by atoms with Gasteiger partial charge in [-0.2, -0.15) is 0 Å². The highest BCUT2D eigenvalue weighted by atomic mass is 19.1. The molecule has 1 aromatic heterocycles. The van der Waals surface area contributed by atoms with Gasteiger partial charge in [-0.1, -0.05) is 0 Å². The summed E-state index contributed by atoms with van der Waals surface area (Å²) in [5, 5.41) is 0. The van der Waals surface area contributed by atoms with Crippen LogP contribution in [0.4, 0.5) is 4.39 Å². The van der Waals surface area contributed by atoms with Crippen LogP contribution in [0.3, 0.4) is 0 Å². The normalized spacial score (nSPS) is 10.3. The van der Waals surface area contributed by atoms with E-state index in [2.05, 4.69) is 4.98 Å². The fraction of sp³-hybridized carbons (Fsp3) is 0.231. The Hall–Kier alpha value is -2.17. The van der Waals surface area contributed by atoms with Crippen molar-refractivity contribution in [3.05, 3.63) is 47.8 Å². The monoisotopic (exact) mass is 248 g/mol. The molecule has 0 aliphatic rings. The zero-order chi connectivity index (χ0) is 13.0. The molecule has 0 aliphatic heterocycles. The minimum Gasteiger partial charge on any atom is -0.489 e. The fourth-order valence-corrected chi connectivity index (χ4v) is 1.60. The van der Waals surface area contributed by atoms with Gasteiger partial charge in [0.2, 0.25) is 0 Å². The molecule has 1 heterocycles. The van der Waals surface area contributed by atoms with Crippen LogP contribution in [0.5, 0.6) is 5.75 Å². The van der Waals surface area contributed by atoms with E-state index < -0.39 is 5.82 Å². The Morgan fingerprint density at radius 3 is 2.94 bits per heavy atom. The predicted molar refractivity (Wildman–Crippen MR) is 64.2 cm³/mol. The summed E-state index contributed by atoms with van der Waals surface area (Å²) in [5.74, 6) is 0.510. The molecule has 0 spiro atoms. The van der Waals surface area contributed by atoms with E-state index in [1.165, 1.54) is 12.1 Å². The van der Waals surface area contributed by atoms with Gasteiger partial charge >= 0.3 is 0 Å². The first-order chi connectivity index (χ1) is 8.70. The number of aldehydes is 1. The average Bonchev–Trinajstić information content (AvgIpc) is 2.77. The smallest absolute Gasteiger partial charge is 0.165 e. The van der Waals surface area contributed by atoms with Gasteiger partial charge in [-0.3, -0.25) is 4.79 Å². The zero-order valence-corrected chi connectivity index (χ0v) is 9.97. The summed E-state index contributed by atoms with van der Waals surface area (Å²) in [5.41, 5.74) is 0.297. The molecule has 0 unspecified atom stereocenters. The summed E-state index contributed by atoms with van der Waals surface area (Å²) in [6.07, 6.45) is 4.14. The van der Waals surface area contributed by atoms with Crippen molar-refractivity contribution in [2.45, 2.75) is 13.5 Å². The summed E-state index contributed by atoms with van der Waals surface area (Å²) in [7, 11) is 0. The van der Waals surface area contributed by atoms with Crippen LogP contribution < -0.4 is 4.74 Å². The highest BCUT2D eigenvalue weighted by Gasteiger charge is 2.04. The van der Waals surface area contributed by atoms with Gasteiger partial charge in [0.1, 0.15) is 18.7 Å². The molecule has 0 saturated carbocycles. The number of hydrogen-bond acceptors (Lipinski definition) is 3. The Morgan fingerprint density at radius 1 is 1.50 bits per heavy atom. The number of aromatic nitrogens is 2. The maximum Gasteiger partial charge on any atom is 0.165 e. The molecule has 94 valence electrons.